The van der Waals surface area contributed by atoms with Gasteiger partial charge in [0.1, 0.15) is 6.10 Å². The zero-order valence-electron chi connectivity index (χ0n) is 14.8. The fourth-order valence-electron chi connectivity index (χ4n) is 1.73. The van der Waals surface area contributed by atoms with Gasteiger partial charge in [-0.05, 0) is 24.5 Å². The summed E-state index contributed by atoms with van der Waals surface area (Å²) in [5, 5.41) is 8.93. The van der Waals surface area contributed by atoms with Crippen LogP contribution in [0.5, 0.6) is 0 Å². The molecule has 1 aromatic carbocycles. The highest BCUT2D eigenvalue weighted by molar-refractivity contribution is 8.29. The van der Waals surface area contributed by atoms with Crippen molar-refractivity contribution in [2.45, 2.75) is 51.0 Å². The minimum absolute atomic E-state index is 0.0295. The predicted octanol–water partition coefficient (Wildman–Crippen LogP) is 4.29. The fraction of sp³-hybridized carbons (Fsp3) is 0.556. The van der Waals surface area contributed by atoms with Crippen LogP contribution in [0.4, 0.5) is 0 Å². The maximum Gasteiger partial charge on any atom is 0.303 e. The number of nitrogens with zero attached hydrogens (tertiary/aromatic N) is 1. The maximum absolute atomic E-state index is 10.9. The third-order valence-corrected chi connectivity index (χ3v) is 7.55. The predicted molar refractivity (Wildman–Crippen MR) is 99.6 cm³/mol. The van der Waals surface area contributed by atoms with Crippen LogP contribution in [0.15, 0.2) is 35.3 Å². The van der Waals surface area contributed by atoms with Crippen LogP contribution in [0, 0.1) is 0 Å². The molecule has 1 N–H and O–H groups in total. The Labute approximate surface area is 141 Å². The summed E-state index contributed by atoms with van der Waals surface area (Å²) in [5.41, 5.74) is 1.13. The number of hydrogen-bond acceptors (Lipinski definition) is 3. The van der Waals surface area contributed by atoms with E-state index in [2.05, 4.69) is 38.3 Å². The normalized spacial score (nSPS) is 14.8. The van der Waals surface area contributed by atoms with E-state index in [1.165, 1.54) is 0 Å². The van der Waals surface area contributed by atoms with Crippen molar-refractivity contribution in [1.29, 1.82) is 0 Å². The average molecular weight is 340 g/mol. The molecule has 130 valence electrons. The largest absolute Gasteiger partial charge is 0.481 e. The van der Waals surface area contributed by atoms with E-state index in [9.17, 15) is 4.79 Å². The standard InChI is InChI=1S/C18H29NO3S/c1-18(2,3)23(4,5)22-16(11-12-17(20)21)14-19-13-15-9-7-6-8-10-15/h6-10,14,16H,11-13H2,1-5H3,(H,20,21)/t16-/m0/s1. The molecule has 0 amide bonds. The van der Waals surface area contributed by atoms with Gasteiger partial charge in [-0.15, -0.1) is 10.3 Å². The summed E-state index contributed by atoms with van der Waals surface area (Å²) >= 11 is 0. The number of carboxylic acids is 1. The Balaban J connectivity index is 2.73. The van der Waals surface area contributed by atoms with Gasteiger partial charge >= 0.3 is 5.97 Å². The first-order chi connectivity index (χ1) is 10.6. The molecule has 0 saturated carbocycles. The molecule has 0 aliphatic carbocycles. The lowest BCUT2D eigenvalue weighted by Gasteiger charge is -2.45. The van der Waals surface area contributed by atoms with Crippen LogP contribution < -0.4 is 0 Å². The SMILES string of the molecule is CC(C)(C)S(C)(C)O[C@H](C=NCc1ccccc1)CCC(=O)O. The lowest BCUT2D eigenvalue weighted by molar-refractivity contribution is -0.137. The van der Waals surface area contributed by atoms with Crippen LogP contribution in [0.2, 0.25) is 0 Å². The highest BCUT2D eigenvalue weighted by Crippen LogP contribution is 2.54. The molecular formula is C18H29NO3S. The Morgan fingerprint density at radius 3 is 2.43 bits per heavy atom. The summed E-state index contributed by atoms with van der Waals surface area (Å²) in [5.74, 6) is -0.807. The zero-order valence-corrected chi connectivity index (χ0v) is 15.6. The first-order valence-corrected chi connectivity index (χ1v) is 10.2. The quantitative estimate of drug-likeness (QED) is 0.719. The molecule has 0 saturated heterocycles. The van der Waals surface area contributed by atoms with E-state index in [0.717, 1.165) is 5.56 Å². The Hall–Kier alpha value is -1.33. The summed E-state index contributed by atoms with van der Waals surface area (Å²) in [4.78, 5) is 15.3. The monoisotopic (exact) mass is 339 g/mol. The van der Waals surface area contributed by atoms with E-state index >= 15 is 0 Å². The van der Waals surface area contributed by atoms with Gasteiger partial charge in [-0.1, -0.05) is 51.1 Å². The molecule has 0 radical (unpaired) electrons. The van der Waals surface area contributed by atoms with Crippen molar-refractivity contribution in [1.82, 2.24) is 0 Å². The van der Waals surface area contributed by atoms with Crippen molar-refractivity contribution in [3.8, 4) is 0 Å². The first kappa shape index (κ1) is 19.7. The van der Waals surface area contributed by atoms with Gasteiger partial charge in [-0.25, -0.2) is 0 Å². The second kappa shape index (κ2) is 8.50. The van der Waals surface area contributed by atoms with Crippen LogP contribution in [0.1, 0.15) is 39.2 Å². The molecular weight excluding hydrogens is 310 g/mol. The molecule has 0 unspecified atom stereocenters. The van der Waals surface area contributed by atoms with Crippen LogP contribution in [-0.2, 0) is 15.5 Å². The van der Waals surface area contributed by atoms with Crippen LogP contribution in [0.3, 0.4) is 0 Å². The molecule has 1 atom stereocenters. The van der Waals surface area contributed by atoms with Gasteiger partial charge in [0, 0.05) is 17.4 Å². The second-order valence-corrected chi connectivity index (χ2v) is 10.8. The third-order valence-electron chi connectivity index (χ3n) is 3.87. The van der Waals surface area contributed by atoms with Gasteiger partial charge in [-0.3, -0.25) is 9.79 Å². The topological polar surface area (TPSA) is 58.9 Å². The number of carboxylic acid groups (broad SMARTS) is 1. The summed E-state index contributed by atoms with van der Waals surface area (Å²) < 4.78 is 6.29. The molecule has 4 nitrogen and oxygen atoms in total. The average Bonchev–Trinajstić information content (AvgIpc) is 2.44. The fourth-order valence-corrected chi connectivity index (χ4v) is 2.78. The number of hydrogen-bond donors (Lipinski definition) is 1. The summed E-state index contributed by atoms with van der Waals surface area (Å²) in [6.45, 7) is 7.03. The van der Waals surface area contributed by atoms with Gasteiger partial charge in [0.2, 0.25) is 0 Å². The second-order valence-electron chi connectivity index (χ2n) is 6.89. The molecule has 0 aliphatic heterocycles. The molecule has 0 heterocycles. The van der Waals surface area contributed by atoms with Crippen molar-refractivity contribution in [2.75, 3.05) is 12.5 Å². The van der Waals surface area contributed by atoms with Crippen molar-refractivity contribution in [3.63, 3.8) is 0 Å². The first-order valence-electron chi connectivity index (χ1n) is 7.78. The van der Waals surface area contributed by atoms with Crippen molar-refractivity contribution in [2.24, 2.45) is 4.99 Å². The van der Waals surface area contributed by atoms with E-state index in [4.69, 9.17) is 9.29 Å². The molecule has 0 aromatic heterocycles. The molecule has 0 spiro atoms. The van der Waals surface area contributed by atoms with E-state index < -0.39 is 16.3 Å². The Morgan fingerprint density at radius 2 is 1.91 bits per heavy atom. The zero-order chi connectivity index (χ0) is 17.5. The number of carbonyl (C=O) groups is 1. The van der Waals surface area contributed by atoms with E-state index in [1.54, 1.807) is 6.21 Å². The number of rotatable bonds is 8. The van der Waals surface area contributed by atoms with Gasteiger partial charge in [0.15, 0.2) is 0 Å². The van der Waals surface area contributed by atoms with Gasteiger partial charge in [0.25, 0.3) is 0 Å². The van der Waals surface area contributed by atoms with Crippen LogP contribution in [0.25, 0.3) is 0 Å². The Kier molecular flexibility index (Phi) is 7.29. The summed E-state index contributed by atoms with van der Waals surface area (Å²) in [6, 6.07) is 9.98. The van der Waals surface area contributed by atoms with Gasteiger partial charge in [0.05, 0.1) is 6.54 Å². The van der Waals surface area contributed by atoms with Crippen LogP contribution in [-0.4, -0.2) is 40.7 Å². The van der Waals surface area contributed by atoms with Gasteiger partial charge < -0.3 is 9.29 Å². The highest BCUT2D eigenvalue weighted by atomic mass is 32.3. The van der Waals surface area contributed by atoms with Crippen molar-refractivity contribution < 1.29 is 14.1 Å². The van der Waals surface area contributed by atoms with Gasteiger partial charge in [-0.2, -0.15) is 0 Å². The maximum atomic E-state index is 10.9. The summed E-state index contributed by atoms with van der Waals surface area (Å²) in [6.07, 6.45) is 6.27. The lowest BCUT2D eigenvalue weighted by atomic mass is 10.2. The Bertz CT molecular complexity index is 521. The minimum Gasteiger partial charge on any atom is -0.481 e. The number of aliphatic imine (C=N–C) groups is 1. The van der Waals surface area contributed by atoms with E-state index in [-0.39, 0.29) is 17.3 Å². The van der Waals surface area contributed by atoms with E-state index in [0.29, 0.717) is 13.0 Å². The number of benzene rings is 1. The number of aliphatic carboxylic acids is 1. The highest BCUT2D eigenvalue weighted by Gasteiger charge is 2.31. The summed E-state index contributed by atoms with van der Waals surface area (Å²) in [7, 11) is -1.32. The van der Waals surface area contributed by atoms with Crippen molar-refractivity contribution >= 4 is 22.5 Å². The Morgan fingerprint density at radius 1 is 1.30 bits per heavy atom. The van der Waals surface area contributed by atoms with E-state index in [1.807, 2.05) is 30.3 Å². The lowest BCUT2D eigenvalue weighted by Crippen LogP contribution is -2.30. The molecule has 1 aromatic rings. The molecule has 0 aliphatic rings. The molecule has 23 heavy (non-hydrogen) atoms. The smallest absolute Gasteiger partial charge is 0.303 e. The molecule has 0 bridgehead atoms. The van der Waals surface area contributed by atoms with Crippen LogP contribution >= 0.6 is 10.3 Å². The minimum atomic E-state index is -1.32. The molecule has 0 fully saturated rings. The molecule has 1 rings (SSSR count). The molecule has 5 heteroatoms. The third kappa shape index (κ3) is 7.18. The van der Waals surface area contributed by atoms with Crippen molar-refractivity contribution in [3.05, 3.63) is 35.9 Å².